The zero-order valence-electron chi connectivity index (χ0n) is 11.2. The van der Waals surface area contributed by atoms with Crippen LogP contribution in [-0.2, 0) is 27.3 Å². The van der Waals surface area contributed by atoms with Crippen molar-refractivity contribution in [3.8, 4) is 0 Å². The Morgan fingerprint density at radius 3 is 2.29 bits per heavy atom. The summed E-state index contributed by atoms with van der Waals surface area (Å²) in [5.74, 6) is 0. The van der Waals surface area contributed by atoms with E-state index in [2.05, 4.69) is 4.98 Å². The van der Waals surface area contributed by atoms with Crippen molar-refractivity contribution >= 4 is 0 Å². The van der Waals surface area contributed by atoms with Gasteiger partial charge >= 0.3 is 17.1 Å². The van der Waals surface area contributed by atoms with Crippen LogP contribution in [0.15, 0.2) is 14.4 Å². The molecule has 114 valence electrons. The number of aromatic amines is 1. The van der Waals surface area contributed by atoms with E-state index < -0.39 is 22.7 Å². The molecule has 0 unspecified atom stereocenters. The molecule has 1 aromatic heterocycles. The van der Waals surface area contributed by atoms with E-state index in [0.29, 0.717) is 26.2 Å². The fourth-order valence-electron chi connectivity index (χ4n) is 2.49. The van der Waals surface area contributed by atoms with Crippen LogP contribution in [0.3, 0.4) is 0 Å². The van der Waals surface area contributed by atoms with Gasteiger partial charge in [0.25, 0.3) is 0 Å². The maximum Gasteiger partial charge on any atom is 0.336 e. The lowest BCUT2D eigenvalue weighted by Gasteiger charge is -2.13. The summed E-state index contributed by atoms with van der Waals surface area (Å²) in [6.07, 6.45) is 0.679. The second-order valence-electron chi connectivity index (χ2n) is 5.80. The highest BCUT2D eigenvalue weighted by atomic mass is 16.6. The molecule has 0 amide bonds. The third kappa shape index (κ3) is 2.59. The second kappa shape index (κ2) is 4.39. The molecule has 0 bridgehead atoms. The fraction of sp³-hybridized carbons (Fsp3) is 0.750. The first kappa shape index (κ1) is 13.0. The van der Waals surface area contributed by atoms with Crippen LogP contribution < -0.4 is 17.1 Å². The van der Waals surface area contributed by atoms with Gasteiger partial charge < -0.3 is 14.2 Å². The minimum absolute atomic E-state index is 0.124. The Bertz CT molecular complexity index is 735. The van der Waals surface area contributed by atoms with Crippen molar-refractivity contribution < 1.29 is 14.2 Å². The van der Waals surface area contributed by atoms with Crippen molar-refractivity contribution in [2.75, 3.05) is 19.8 Å². The van der Waals surface area contributed by atoms with E-state index >= 15 is 0 Å². The van der Waals surface area contributed by atoms with Crippen LogP contribution >= 0.6 is 0 Å². The van der Waals surface area contributed by atoms with Gasteiger partial charge in [0, 0.05) is 6.42 Å². The average molecular weight is 297 g/mol. The third-order valence-corrected chi connectivity index (χ3v) is 3.96. The van der Waals surface area contributed by atoms with Crippen molar-refractivity contribution in [1.82, 2.24) is 14.1 Å². The molecule has 4 rings (SSSR count). The molecule has 3 aliphatic rings. The minimum atomic E-state index is -0.704. The van der Waals surface area contributed by atoms with Gasteiger partial charge in [-0.1, -0.05) is 0 Å². The maximum atomic E-state index is 12.3. The summed E-state index contributed by atoms with van der Waals surface area (Å²) in [6, 6.07) is 0. The molecule has 1 aromatic rings. The topological polar surface area (TPSA) is 114 Å². The number of nitrogens with zero attached hydrogens (tertiary/aromatic N) is 2. The number of nitrogens with one attached hydrogen (secondary N) is 1. The predicted molar refractivity (Wildman–Crippen MR) is 68.4 cm³/mol. The molecule has 0 aliphatic carbocycles. The van der Waals surface area contributed by atoms with Crippen LogP contribution in [0.4, 0.5) is 0 Å². The summed E-state index contributed by atoms with van der Waals surface area (Å²) in [7, 11) is 0. The number of epoxide rings is 3. The fourth-order valence-corrected chi connectivity index (χ4v) is 2.49. The molecule has 0 radical (unpaired) electrons. The van der Waals surface area contributed by atoms with E-state index in [-0.39, 0.29) is 25.3 Å². The van der Waals surface area contributed by atoms with Crippen LogP contribution in [0.5, 0.6) is 0 Å². The number of ether oxygens (including phenoxy) is 3. The lowest BCUT2D eigenvalue weighted by Crippen LogP contribution is -2.51. The highest BCUT2D eigenvalue weighted by Crippen LogP contribution is 2.37. The van der Waals surface area contributed by atoms with Crippen LogP contribution in [0.2, 0.25) is 0 Å². The molecule has 9 heteroatoms. The normalized spacial score (nSPS) is 33.0. The molecule has 21 heavy (non-hydrogen) atoms. The monoisotopic (exact) mass is 297 g/mol. The lowest BCUT2D eigenvalue weighted by molar-refractivity contribution is 0.228. The largest absolute Gasteiger partial charge is 0.373 e. The number of hydrogen-bond acceptors (Lipinski definition) is 6. The average Bonchev–Trinajstić information content (AvgIpc) is 3.29. The summed E-state index contributed by atoms with van der Waals surface area (Å²) < 4.78 is 17.6. The van der Waals surface area contributed by atoms with Gasteiger partial charge in [-0.2, -0.15) is 0 Å². The zero-order chi connectivity index (χ0) is 14.6. The van der Waals surface area contributed by atoms with Gasteiger partial charge in [-0.3, -0.25) is 4.98 Å². The van der Waals surface area contributed by atoms with Crippen molar-refractivity contribution in [1.29, 1.82) is 0 Å². The first-order chi connectivity index (χ1) is 10.1. The Balaban J connectivity index is 1.65. The van der Waals surface area contributed by atoms with Crippen LogP contribution in [0.1, 0.15) is 6.42 Å². The van der Waals surface area contributed by atoms with E-state index in [0.717, 1.165) is 9.13 Å². The van der Waals surface area contributed by atoms with E-state index in [9.17, 15) is 14.4 Å². The van der Waals surface area contributed by atoms with Gasteiger partial charge in [-0.05, 0) is 0 Å². The number of aromatic nitrogens is 3. The SMILES string of the molecule is O=c1[nH]c(=O)n(C[C@@]2(C[C@@H]3CO3)CO2)c(=O)n1C[C@@H]1CO1. The first-order valence-corrected chi connectivity index (χ1v) is 6.87. The molecule has 3 fully saturated rings. The molecule has 0 saturated carbocycles. The van der Waals surface area contributed by atoms with Gasteiger partial charge in [0.05, 0.1) is 45.1 Å². The van der Waals surface area contributed by atoms with Crippen molar-refractivity contribution in [3.05, 3.63) is 31.5 Å². The van der Waals surface area contributed by atoms with Gasteiger partial charge in [0.15, 0.2) is 0 Å². The van der Waals surface area contributed by atoms with E-state index in [1.54, 1.807) is 0 Å². The number of hydrogen-bond donors (Lipinski definition) is 1. The molecular formula is C12H15N3O6. The summed E-state index contributed by atoms with van der Waals surface area (Å²) in [5, 5.41) is 0. The summed E-state index contributed by atoms with van der Waals surface area (Å²) in [4.78, 5) is 38.1. The van der Waals surface area contributed by atoms with Gasteiger partial charge in [-0.25, -0.2) is 23.5 Å². The quantitative estimate of drug-likeness (QED) is 0.588. The number of H-pyrrole nitrogens is 1. The summed E-state index contributed by atoms with van der Waals surface area (Å²) in [6.45, 7) is 2.00. The molecular weight excluding hydrogens is 282 g/mol. The molecule has 9 nitrogen and oxygen atoms in total. The van der Waals surface area contributed by atoms with Crippen molar-refractivity contribution in [2.24, 2.45) is 0 Å². The highest BCUT2D eigenvalue weighted by Gasteiger charge is 2.50. The molecule has 0 aromatic carbocycles. The molecule has 4 heterocycles. The Kier molecular flexibility index (Phi) is 2.72. The molecule has 3 saturated heterocycles. The molecule has 3 atom stereocenters. The van der Waals surface area contributed by atoms with Gasteiger partial charge in [0.1, 0.15) is 5.60 Å². The first-order valence-electron chi connectivity index (χ1n) is 6.87. The minimum Gasteiger partial charge on any atom is -0.373 e. The molecule has 3 aliphatic heterocycles. The Morgan fingerprint density at radius 2 is 1.71 bits per heavy atom. The Morgan fingerprint density at radius 1 is 1.10 bits per heavy atom. The van der Waals surface area contributed by atoms with E-state index in [4.69, 9.17) is 14.2 Å². The third-order valence-electron chi connectivity index (χ3n) is 3.96. The summed E-state index contributed by atoms with van der Waals surface area (Å²) >= 11 is 0. The predicted octanol–water partition coefficient (Wildman–Crippen LogP) is -2.34. The number of rotatable bonds is 6. The zero-order valence-corrected chi connectivity index (χ0v) is 11.2. The smallest absolute Gasteiger partial charge is 0.336 e. The van der Waals surface area contributed by atoms with E-state index in [1.807, 2.05) is 0 Å². The van der Waals surface area contributed by atoms with Crippen LogP contribution in [-0.4, -0.2) is 51.7 Å². The van der Waals surface area contributed by atoms with E-state index in [1.165, 1.54) is 0 Å². The summed E-state index contributed by atoms with van der Waals surface area (Å²) in [5.41, 5.74) is -2.54. The molecule has 0 spiro atoms. The van der Waals surface area contributed by atoms with Crippen LogP contribution in [0.25, 0.3) is 0 Å². The van der Waals surface area contributed by atoms with Gasteiger partial charge in [0.2, 0.25) is 0 Å². The van der Waals surface area contributed by atoms with Gasteiger partial charge in [-0.15, -0.1) is 0 Å². The van der Waals surface area contributed by atoms with Crippen LogP contribution in [0, 0.1) is 0 Å². The second-order valence-corrected chi connectivity index (χ2v) is 5.80. The molecule has 1 N–H and O–H groups in total. The lowest BCUT2D eigenvalue weighted by atomic mass is 10.1. The maximum absolute atomic E-state index is 12.3. The standard InChI is InChI=1S/C12H15N3O6/c16-9-13-10(17)15(11(18)14(9)2-8-4-20-8)5-12(6-21-12)1-7-3-19-7/h7-8H,1-6H2,(H,13,16,17)/t7-,8-,12+/m1/s1. The van der Waals surface area contributed by atoms with Crippen molar-refractivity contribution in [3.63, 3.8) is 0 Å². The Labute approximate surface area is 118 Å². The Hall–Kier alpha value is -1.71. The van der Waals surface area contributed by atoms with Crippen molar-refractivity contribution in [2.45, 2.75) is 37.3 Å². The highest BCUT2D eigenvalue weighted by molar-refractivity contribution is 4.97.